The molecule has 4 rings (SSSR count). The number of para-hydroxylation sites is 1. The SMILES string of the molecule is CCC[C@@H]1N(C(=O)c2ccc(F)c(C)c2)CC[C@]12C(=O)Nc1ccccc12. The summed E-state index contributed by atoms with van der Waals surface area (Å²) in [6, 6.07) is 12.0. The van der Waals surface area contributed by atoms with Gasteiger partial charge in [0.15, 0.2) is 0 Å². The van der Waals surface area contributed by atoms with Crippen LogP contribution < -0.4 is 5.32 Å². The van der Waals surface area contributed by atoms with Crippen LogP contribution in [0.5, 0.6) is 0 Å². The molecule has 0 radical (unpaired) electrons. The van der Waals surface area contributed by atoms with Gasteiger partial charge in [0.25, 0.3) is 5.91 Å². The number of nitrogens with zero attached hydrogens (tertiary/aromatic N) is 1. The molecule has 0 saturated carbocycles. The highest BCUT2D eigenvalue weighted by molar-refractivity contribution is 6.08. The third kappa shape index (κ3) is 2.56. The largest absolute Gasteiger partial charge is 0.334 e. The molecule has 2 amide bonds. The Bertz CT molecular complexity index is 926. The van der Waals surface area contributed by atoms with Gasteiger partial charge >= 0.3 is 0 Å². The van der Waals surface area contributed by atoms with Gasteiger partial charge in [-0.25, -0.2) is 4.39 Å². The van der Waals surface area contributed by atoms with Crippen molar-refractivity contribution in [3.63, 3.8) is 0 Å². The molecule has 0 unspecified atom stereocenters. The maximum atomic E-state index is 13.6. The highest BCUT2D eigenvalue weighted by atomic mass is 19.1. The number of rotatable bonds is 3. The molecule has 2 atom stereocenters. The second-order valence-electron chi connectivity index (χ2n) is 7.49. The lowest BCUT2D eigenvalue weighted by Gasteiger charge is -2.34. The Labute approximate surface area is 158 Å². The normalized spacial score (nSPS) is 23.6. The smallest absolute Gasteiger partial charge is 0.254 e. The van der Waals surface area contributed by atoms with Crippen molar-refractivity contribution in [2.24, 2.45) is 0 Å². The van der Waals surface area contributed by atoms with Crippen LogP contribution in [-0.4, -0.2) is 29.3 Å². The minimum atomic E-state index is -0.697. The minimum absolute atomic E-state index is 0.0206. The van der Waals surface area contributed by atoms with Crippen molar-refractivity contribution in [2.45, 2.75) is 44.6 Å². The molecule has 2 aromatic rings. The first kappa shape index (κ1) is 17.7. The van der Waals surface area contributed by atoms with E-state index in [1.807, 2.05) is 29.2 Å². The summed E-state index contributed by atoms with van der Waals surface area (Å²) in [5, 5.41) is 3.01. The minimum Gasteiger partial charge on any atom is -0.334 e. The number of aryl methyl sites for hydroxylation is 1. The van der Waals surface area contributed by atoms with Gasteiger partial charge < -0.3 is 10.2 Å². The van der Waals surface area contributed by atoms with E-state index in [0.29, 0.717) is 24.1 Å². The van der Waals surface area contributed by atoms with Crippen LogP contribution in [0.4, 0.5) is 10.1 Å². The maximum absolute atomic E-state index is 13.6. The molecule has 140 valence electrons. The number of nitrogens with one attached hydrogen (secondary N) is 1. The van der Waals surface area contributed by atoms with Crippen LogP contribution >= 0.6 is 0 Å². The summed E-state index contributed by atoms with van der Waals surface area (Å²) in [7, 11) is 0. The zero-order valence-electron chi connectivity index (χ0n) is 15.6. The maximum Gasteiger partial charge on any atom is 0.254 e. The number of likely N-dealkylation sites (tertiary alicyclic amines) is 1. The van der Waals surface area contributed by atoms with Crippen LogP contribution in [0, 0.1) is 12.7 Å². The molecule has 1 spiro atoms. The zero-order chi connectivity index (χ0) is 19.2. The monoisotopic (exact) mass is 366 g/mol. The number of halogens is 1. The van der Waals surface area contributed by atoms with Gasteiger partial charge in [0, 0.05) is 17.8 Å². The van der Waals surface area contributed by atoms with Gasteiger partial charge in [0.1, 0.15) is 5.82 Å². The van der Waals surface area contributed by atoms with Gasteiger partial charge in [-0.15, -0.1) is 0 Å². The van der Waals surface area contributed by atoms with Crippen molar-refractivity contribution < 1.29 is 14.0 Å². The number of fused-ring (bicyclic) bond motifs is 2. The summed E-state index contributed by atoms with van der Waals surface area (Å²) in [5.41, 5.74) is 2.05. The number of carbonyl (C=O) groups is 2. The number of carbonyl (C=O) groups excluding carboxylic acids is 2. The summed E-state index contributed by atoms with van der Waals surface area (Å²) in [5.74, 6) is -0.475. The molecule has 0 aliphatic carbocycles. The zero-order valence-corrected chi connectivity index (χ0v) is 15.6. The first-order valence-corrected chi connectivity index (χ1v) is 9.47. The Morgan fingerprint density at radius 1 is 1.30 bits per heavy atom. The first-order chi connectivity index (χ1) is 13.0. The van der Waals surface area contributed by atoms with Crippen LogP contribution in [0.15, 0.2) is 42.5 Å². The molecule has 2 heterocycles. The highest BCUT2D eigenvalue weighted by Gasteiger charge is 2.58. The molecule has 4 nitrogen and oxygen atoms in total. The predicted octanol–water partition coefficient (Wildman–Crippen LogP) is 4.04. The van der Waals surface area contributed by atoms with Crippen LogP contribution in [0.1, 0.15) is 47.7 Å². The molecular weight excluding hydrogens is 343 g/mol. The fourth-order valence-electron chi connectivity index (χ4n) is 4.66. The first-order valence-electron chi connectivity index (χ1n) is 9.47. The second kappa shape index (κ2) is 6.48. The summed E-state index contributed by atoms with van der Waals surface area (Å²) in [6.07, 6.45) is 2.22. The molecule has 2 aromatic carbocycles. The summed E-state index contributed by atoms with van der Waals surface area (Å²) in [6.45, 7) is 4.24. The van der Waals surface area contributed by atoms with Gasteiger partial charge in [0.05, 0.1) is 11.5 Å². The Balaban J connectivity index is 1.75. The van der Waals surface area contributed by atoms with Crippen molar-refractivity contribution in [1.82, 2.24) is 4.90 Å². The standard InChI is InChI=1S/C22H23FN2O2/c1-3-6-19-22(16-7-4-5-8-18(16)24-21(22)27)11-12-25(19)20(26)15-9-10-17(23)14(2)13-15/h4-5,7-10,13,19H,3,6,11-12H2,1-2H3,(H,24,27)/t19-,22+/m0/s1. The fraction of sp³-hybridized carbons (Fsp3) is 0.364. The number of hydrogen-bond donors (Lipinski definition) is 1. The molecule has 27 heavy (non-hydrogen) atoms. The Kier molecular flexibility index (Phi) is 4.25. The molecular formula is C22H23FN2O2. The van der Waals surface area contributed by atoms with Crippen LogP contribution in [0.2, 0.25) is 0 Å². The number of amides is 2. The van der Waals surface area contributed by atoms with E-state index in [1.165, 1.54) is 12.1 Å². The van der Waals surface area contributed by atoms with Crippen LogP contribution in [0.3, 0.4) is 0 Å². The molecule has 1 fully saturated rings. The van der Waals surface area contributed by atoms with Gasteiger partial charge in [0.2, 0.25) is 5.91 Å². The number of anilines is 1. The average molecular weight is 366 g/mol. The summed E-state index contributed by atoms with van der Waals surface area (Å²) >= 11 is 0. The van der Waals surface area contributed by atoms with Crippen molar-refractivity contribution in [3.8, 4) is 0 Å². The van der Waals surface area contributed by atoms with Gasteiger partial charge in [-0.1, -0.05) is 31.5 Å². The van der Waals surface area contributed by atoms with Gasteiger partial charge in [-0.3, -0.25) is 9.59 Å². The quantitative estimate of drug-likeness (QED) is 0.891. The highest BCUT2D eigenvalue weighted by Crippen LogP contribution is 2.49. The fourth-order valence-corrected chi connectivity index (χ4v) is 4.66. The Hall–Kier alpha value is -2.69. The molecule has 1 N–H and O–H groups in total. The molecule has 2 aliphatic rings. The third-order valence-corrected chi connectivity index (χ3v) is 5.98. The van der Waals surface area contributed by atoms with E-state index in [-0.39, 0.29) is 23.7 Å². The molecule has 5 heteroatoms. The van der Waals surface area contributed by atoms with Crippen molar-refractivity contribution in [2.75, 3.05) is 11.9 Å². The van der Waals surface area contributed by atoms with Crippen molar-refractivity contribution >= 4 is 17.5 Å². The van der Waals surface area contributed by atoms with E-state index >= 15 is 0 Å². The number of hydrogen-bond acceptors (Lipinski definition) is 2. The van der Waals surface area contributed by atoms with Gasteiger partial charge in [-0.05, 0) is 55.2 Å². The number of benzene rings is 2. The third-order valence-electron chi connectivity index (χ3n) is 5.98. The van der Waals surface area contributed by atoms with Crippen molar-refractivity contribution in [3.05, 3.63) is 65.0 Å². The van der Waals surface area contributed by atoms with Crippen molar-refractivity contribution in [1.29, 1.82) is 0 Å². The molecule has 2 aliphatic heterocycles. The summed E-state index contributed by atoms with van der Waals surface area (Å²) < 4.78 is 13.6. The summed E-state index contributed by atoms with van der Waals surface area (Å²) in [4.78, 5) is 28.1. The van der Waals surface area contributed by atoms with E-state index in [9.17, 15) is 14.0 Å². The van der Waals surface area contributed by atoms with E-state index in [1.54, 1.807) is 13.0 Å². The second-order valence-corrected chi connectivity index (χ2v) is 7.49. The molecule has 1 saturated heterocycles. The lowest BCUT2D eigenvalue weighted by molar-refractivity contribution is -0.121. The molecule has 0 aromatic heterocycles. The average Bonchev–Trinajstić information content (AvgIpc) is 3.17. The van der Waals surface area contributed by atoms with E-state index in [2.05, 4.69) is 12.2 Å². The Morgan fingerprint density at radius 2 is 2.07 bits per heavy atom. The Morgan fingerprint density at radius 3 is 2.81 bits per heavy atom. The predicted molar refractivity (Wildman–Crippen MR) is 102 cm³/mol. The van der Waals surface area contributed by atoms with Gasteiger partial charge in [-0.2, -0.15) is 0 Å². The topological polar surface area (TPSA) is 49.4 Å². The van der Waals surface area contributed by atoms with E-state index < -0.39 is 5.41 Å². The lowest BCUT2D eigenvalue weighted by Crippen LogP contribution is -2.48. The van der Waals surface area contributed by atoms with Crippen LogP contribution in [-0.2, 0) is 10.2 Å². The van der Waals surface area contributed by atoms with E-state index in [0.717, 1.165) is 24.1 Å². The van der Waals surface area contributed by atoms with E-state index in [4.69, 9.17) is 0 Å². The molecule has 0 bridgehead atoms. The van der Waals surface area contributed by atoms with Crippen LogP contribution in [0.25, 0.3) is 0 Å². The lowest BCUT2D eigenvalue weighted by atomic mass is 9.73.